The van der Waals surface area contributed by atoms with Gasteiger partial charge in [0.2, 0.25) is 10.0 Å². The molecule has 1 saturated heterocycles. The summed E-state index contributed by atoms with van der Waals surface area (Å²) in [4.78, 5) is 5.00. The number of rotatable bonds is 5. The number of aromatic nitrogens is 1. The van der Waals surface area contributed by atoms with Gasteiger partial charge in [0.25, 0.3) is 0 Å². The van der Waals surface area contributed by atoms with E-state index < -0.39 is 10.0 Å². The number of aryl methyl sites for hydroxylation is 2. The molecule has 2 heterocycles. The fourth-order valence-corrected chi connectivity index (χ4v) is 5.77. The van der Waals surface area contributed by atoms with Gasteiger partial charge in [-0.3, -0.25) is 0 Å². The zero-order valence-corrected chi connectivity index (χ0v) is 19.6. The van der Waals surface area contributed by atoms with E-state index in [4.69, 9.17) is 0 Å². The van der Waals surface area contributed by atoms with Gasteiger partial charge in [0, 0.05) is 29.7 Å². The number of sulfonamides is 1. The van der Waals surface area contributed by atoms with E-state index in [0.29, 0.717) is 18.0 Å². The number of anilines is 2. The summed E-state index contributed by atoms with van der Waals surface area (Å²) in [6.45, 7) is 5.37. The molecular formula is C21H23BrN3O2S2-. The lowest BCUT2D eigenvalue weighted by molar-refractivity contribution is -0.00000830. The lowest BCUT2D eigenvalue weighted by Crippen LogP contribution is -3.00. The lowest BCUT2D eigenvalue weighted by Gasteiger charge is -2.15. The largest absolute Gasteiger partial charge is 1.00 e. The van der Waals surface area contributed by atoms with Crippen LogP contribution in [0.3, 0.4) is 0 Å². The highest BCUT2D eigenvalue weighted by atomic mass is 79.9. The first-order valence-corrected chi connectivity index (χ1v) is 11.7. The first-order chi connectivity index (χ1) is 13.4. The zero-order chi connectivity index (χ0) is 19.7. The van der Waals surface area contributed by atoms with E-state index in [2.05, 4.69) is 42.3 Å². The quantitative estimate of drug-likeness (QED) is 0.591. The molecule has 0 radical (unpaired) electrons. The van der Waals surface area contributed by atoms with Crippen molar-refractivity contribution in [3.63, 3.8) is 0 Å². The summed E-state index contributed by atoms with van der Waals surface area (Å²) in [6.07, 6.45) is 1.87. The van der Waals surface area contributed by atoms with Gasteiger partial charge in [-0.15, -0.1) is 11.3 Å². The van der Waals surface area contributed by atoms with Gasteiger partial charge in [-0.1, -0.05) is 18.2 Å². The van der Waals surface area contributed by atoms with Crippen molar-refractivity contribution in [2.45, 2.75) is 31.6 Å². The summed E-state index contributed by atoms with van der Waals surface area (Å²) in [5, 5.41) is 6.15. The second-order valence-corrected chi connectivity index (χ2v) is 9.97. The molecule has 1 aliphatic heterocycles. The molecule has 8 heteroatoms. The molecule has 5 nitrogen and oxygen atoms in total. The summed E-state index contributed by atoms with van der Waals surface area (Å²) < 4.78 is 26.9. The van der Waals surface area contributed by atoms with E-state index in [1.165, 1.54) is 22.5 Å². The maximum absolute atomic E-state index is 12.6. The molecule has 3 aromatic rings. The highest BCUT2D eigenvalue weighted by molar-refractivity contribution is 7.89. The Labute approximate surface area is 186 Å². The van der Waals surface area contributed by atoms with Gasteiger partial charge in [-0.2, -0.15) is 4.31 Å². The maximum Gasteiger partial charge on any atom is 0.243 e. The molecule has 1 fully saturated rings. The minimum atomic E-state index is -3.38. The third kappa shape index (κ3) is 4.88. The van der Waals surface area contributed by atoms with Gasteiger partial charge < -0.3 is 22.3 Å². The van der Waals surface area contributed by atoms with Crippen LogP contribution in [-0.2, 0) is 10.0 Å². The Morgan fingerprint density at radius 2 is 1.62 bits per heavy atom. The van der Waals surface area contributed by atoms with Crippen LogP contribution in [-0.4, -0.2) is 30.8 Å². The minimum Gasteiger partial charge on any atom is -1.00 e. The van der Waals surface area contributed by atoms with Crippen molar-refractivity contribution in [2.24, 2.45) is 0 Å². The van der Waals surface area contributed by atoms with Crippen molar-refractivity contribution >= 4 is 32.2 Å². The minimum absolute atomic E-state index is 0. The second-order valence-electron chi connectivity index (χ2n) is 7.17. The van der Waals surface area contributed by atoms with Crippen molar-refractivity contribution in [3.05, 3.63) is 59.0 Å². The van der Waals surface area contributed by atoms with Crippen LogP contribution in [0, 0.1) is 13.8 Å². The number of hydrogen-bond acceptors (Lipinski definition) is 5. The Balaban J connectivity index is 0.00000240. The molecule has 0 aliphatic carbocycles. The fourth-order valence-electron chi connectivity index (χ4n) is 3.51. The van der Waals surface area contributed by atoms with Crippen LogP contribution in [0.2, 0.25) is 0 Å². The number of benzene rings is 2. The lowest BCUT2D eigenvalue weighted by atomic mass is 10.1. The Bertz CT molecular complexity index is 1070. The summed E-state index contributed by atoms with van der Waals surface area (Å²) in [7, 11) is -3.38. The maximum atomic E-state index is 12.6. The van der Waals surface area contributed by atoms with Crippen LogP contribution in [0.4, 0.5) is 10.8 Å². The predicted molar refractivity (Wildman–Crippen MR) is 115 cm³/mol. The van der Waals surface area contributed by atoms with Crippen LogP contribution >= 0.6 is 11.3 Å². The molecule has 0 spiro atoms. The molecule has 1 aromatic heterocycles. The molecule has 0 saturated carbocycles. The Morgan fingerprint density at radius 1 is 1.00 bits per heavy atom. The number of hydrogen-bond donors (Lipinski definition) is 1. The Hall–Kier alpha value is -1.74. The smallest absolute Gasteiger partial charge is 0.243 e. The zero-order valence-electron chi connectivity index (χ0n) is 16.4. The van der Waals surface area contributed by atoms with Crippen LogP contribution in [0.1, 0.15) is 24.0 Å². The molecule has 0 amide bonds. The van der Waals surface area contributed by atoms with Gasteiger partial charge in [0.15, 0.2) is 5.13 Å². The van der Waals surface area contributed by atoms with E-state index in [1.807, 2.05) is 17.5 Å². The van der Waals surface area contributed by atoms with Crippen molar-refractivity contribution in [1.29, 1.82) is 0 Å². The summed E-state index contributed by atoms with van der Waals surface area (Å²) >= 11 is 1.53. The van der Waals surface area contributed by atoms with Crippen LogP contribution in [0.5, 0.6) is 0 Å². The van der Waals surface area contributed by atoms with E-state index >= 15 is 0 Å². The standard InChI is InChI=1S/C21H23N3O2S2.BrH/c1-15-11-16(2)13-18(12-15)22-21-23-20(14-27-21)17-5-7-19(8-6-17)28(25,26)24-9-3-4-10-24;/h5-8,11-14H,3-4,9-10H2,1-2H3,(H,22,23);1H/p-1. The van der Waals surface area contributed by atoms with Crippen LogP contribution in [0.15, 0.2) is 52.7 Å². The molecule has 0 bridgehead atoms. The topological polar surface area (TPSA) is 62.3 Å². The third-order valence-corrected chi connectivity index (χ3v) is 7.50. The molecule has 4 rings (SSSR count). The summed E-state index contributed by atoms with van der Waals surface area (Å²) in [5.74, 6) is 0. The predicted octanol–water partition coefficient (Wildman–Crippen LogP) is 1.96. The Morgan fingerprint density at radius 3 is 2.24 bits per heavy atom. The van der Waals surface area contributed by atoms with Gasteiger partial charge in [-0.25, -0.2) is 13.4 Å². The first kappa shape index (κ1) is 22.0. The molecule has 1 aliphatic rings. The van der Waals surface area contributed by atoms with E-state index in [1.54, 1.807) is 16.4 Å². The molecule has 0 unspecified atom stereocenters. The highest BCUT2D eigenvalue weighted by Gasteiger charge is 2.27. The van der Waals surface area contributed by atoms with Crippen molar-refractivity contribution in [1.82, 2.24) is 9.29 Å². The van der Waals surface area contributed by atoms with Gasteiger partial charge in [0.1, 0.15) is 0 Å². The van der Waals surface area contributed by atoms with E-state index in [-0.39, 0.29) is 17.0 Å². The van der Waals surface area contributed by atoms with Crippen LogP contribution < -0.4 is 22.3 Å². The van der Waals surface area contributed by atoms with Gasteiger partial charge in [-0.05, 0) is 62.1 Å². The molecule has 2 aromatic carbocycles. The number of nitrogens with one attached hydrogen (secondary N) is 1. The highest BCUT2D eigenvalue weighted by Crippen LogP contribution is 2.29. The monoisotopic (exact) mass is 492 g/mol. The average Bonchev–Trinajstić information content (AvgIpc) is 3.33. The number of nitrogens with zero attached hydrogens (tertiary/aromatic N) is 2. The average molecular weight is 493 g/mol. The molecule has 1 N–H and O–H groups in total. The van der Waals surface area contributed by atoms with Crippen molar-refractivity contribution < 1.29 is 25.4 Å². The Kier molecular flexibility index (Phi) is 6.78. The SMILES string of the molecule is Cc1cc(C)cc(Nc2nc(-c3ccc(S(=O)(=O)N4CCCC4)cc3)cs2)c1.[Br-]. The normalized spacial score (nSPS) is 14.6. The van der Waals surface area contributed by atoms with Crippen molar-refractivity contribution in [2.75, 3.05) is 18.4 Å². The van der Waals surface area contributed by atoms with Gasteiger partial charge >= 0.3 is 0 Å². The van der Waals surface area contributed by atoms with Crippen LogP contribution in [0.25, 0.3) is 11.3 Å². The molecule has 29 heavy (non-hydrogen) atoms. The first-order valence-electron chi connectivity index (χ1n) is 9.33. The summed E-state index contributed by atoms with van der Waals surface area (Å²) in [6, 6.07) is 13.3. The number of halogens is 1. The molecular weight excluding hydrogens is 470 g/mol. The van der Waals surface area contributed by atoms with E-state index in [9.17, 15) is 8.42 Å². The van der Waals surface area contributed by atoms with E-state index in [0.717, 1.165) is 34.9 Å². The second kappa shape index (κ2) is 8.95. The fraction of sp³-hybridized carbons (Fsp3) is 0.286. The van der Waals surface area contributed by atoms with Gasteiger partial charge in [0.05, 0.1) is 10.6 Å². The number of thiazole rings is 1. The summed E-state index contributed by atoms with van der Waals surface area (Å²) in [5.41, 5.74) is 5.17. The third-order valence-electron chi connectivity index (χ3n) is 4.83. The molecule has 0 atom stereocenters. The molecule has 154 valence electrons. The van der Waals surface area contributed by atoms with Crippen molar-refractivity contribution in [3.8, 4) is 11.3 Å².